The molecule has 2 N–H and O–H groups in total. The number of carboxylic acids is 1. The Morgan fingerprint density at radius 3 is 2.47 bits per heavy atom. The molecule has 0 radical (unpaired) electrons. The predicted octanol–water partition coefficient (Wildman–Crippen LogP) is 5.61. The third-order valence-corrected chi connectivity index (χ3v) is 8.65. The van der Waals surface area contributed by atoms with Gasteiger partial charge in [0, 0.05) is 23.2 Å². The summed E-state index contributed by atoms with van der Waals surface area (Å²) in [6.07, 6.45) is 4.06. The molecule has 1 aliphatic carbocycles. The molecule has 0 amide bonds. The number of pyridine rings is 1. The van der Waals surface area contributed by atoms with E-state index in [9.17, 15) is 22.7 Å². The van der Waals surface area contributed by atoms with Gasteiger partial charge in [0.15, 0.2) is 0 Å². The summed E-state index contributed by atoms with van der Waals surface area (Å²) in [5.41, 5.74) is 2.21. The van der Waals surface area contributed by atoms with Crippen molar-refractivity contribution in [3.63, 3.8) is 0 Å². The average molecular weight is 488 g/mol. The Hall–Kier alpha value is -2.94. The molecule has 4 rings (SSSR count). The van der Waals surface area contributed by atoms with Gasteiger partial charge in [-0.05, 0) is 82.7 Å². The summed E-state index contributed by atoms with van der Waals surface area (Å²) in [5.74, 6) is -1.02. The molecule has 1 aliphatic rings. The SMILES string of the molecule is CCc1cc2c(cc1F)c(C(=O)O)c(-c1ccc(NS(=O)(=O)C(C)(C)C)nc1)n2[C@H](C)C1CC1. The lowest BCUT2D eigenvalue weighted by Crippen LogP contribution is -2.33. The number of rotatable bonds is 7. The van der Waals surface area contributed by atoms with Crippen LogP contribution in [0.25, 0.3) is 22.2 Å². The minimum absolute atomic E-state index is 0.0137. The van der Waals surface area contributed by atoms with E-state index < -0.39 is 26.6 Å². The van der Waals surface area contributed by atoms with Crippen molar-refractivity contribution in [2.75, 3.05) is 4.72 Å². The fourth-order valence-electron chi connectivity index (χ4n) is 4.24. The van der Waals surface area contributed by atoms with Gasteiger partial charge in [-0.1, -0.05) is 6.92 Å². The summed E-state index contributed by atoms with van der Waals surface area (Å²) >= 11 is 0. The van der Waals surface area contributed by atoms with Gasteiger partial charge in [-0.2, -0.15) is 0 Å². The predicted molar refractivity (Wildman–Crippen MR) is 131 cm³/mol. The number of aryl methyl sites for hydroxylation is 1. The first-order valence-corrected chi connectivity index (χ1v) is 12.9. The molecule has 2 heterocycles. The number of sulfonamides is 1. The zero-order valence-corrected chi connectivity index (χ0v) is 20.8. The van der Waals surface area contributed by atoms with E-state index in [1.807, 2.05) is 11.5 Å². The largest absolute Gasteiger partial charge is 0.478 e. The molecule has 0 aliphatic heterocycles. The Labute approximate surface area is 199 Å². The standard InChI is InChI=1S/C25H30FN3O4S/c1-6-15-11-20-18(12-19(15)26)22(24(30)31)23(29(20)14(2)16-7-8-16)17-9-10-21(27-13-17)28-34(32,33)25(3,4)5/h9-14,16H,6-8H2,1-5H3,(H,27,28)(H,30,31)/t14-/m1/s1. The molecule has 7 nitrogen and oxygen atoms in total. The minimum atomic E-state index is -3.66. The highest BCUT2D eigenvalue weighted by atomic mass is 32.2. The summed E-state index contributed by atoms with van der Waals surface area (Å²) in [6.45, 7) is 8.68. The molecule has 3 aromatic rings. The number of fused-ring (bicyclic) bond motifs is 1. The highest BCUT2D eigenvalue weighted by Gasteiger charge is 2.35. The summed E-state index contributed by atoms with van der Waals surface area (Å²) in [6, 6.07) is 6.25. The smallest absolute Gasteiger partial charge is 0.338 e. The second kappa shape index (κ2) is 8.37. The van der Waals surface area contributed by atoms with Crippen molar-refractivity contribution in [3.05, 3.63) is 47.4 Å². The monoisotopic (exact) mass is 487 g/mol. The molecule has 9 heteroatoms. The van der Waals surface area contributed by atoms with Crippen molar-refractivity contribution >= 4 is 32.7 Å². The molecule has 34 heavy (non-hydrogen) atoms. The Balaban J connectivity index is 1.92. The van der Waals surface area contributed by atoms with Gasteiger partial charge in [-0.3, -0.25) is 4.72 Å². The number of nitrogens with zero attached hydrogens (tertiary/aromatic N) is 2. The molecule has 0 unspecified atom stereocenters. The zero-order valence-electron chi connectivity index (χ0n) is 20.0. The molecule has 1 fully saturated rings. The van der Waals surface area contributed by atoms with E-state index in [0.717, 1.165) is 12.8 Å². The Morgan fingerprint density at radius 2 is 1.97 bits per heavy atom. The summed E-state index contributed by atoms with van der Waals surface area (Å²) < 4.78 is 43.1. The molecular weight excluding hydrogens is 457 g/mol. The Bertz CT molecular complexity index is 1370. The van der Waals surface area contributed by atoms with Crippen molar-refractivity contribution in [3.8, 4) is 11.3 Å². The van der Waals surface area contributed by atoms with Gasteiger partial charge in [0.1, 0.15) is 11.6 Å². The molecule has 1 saturated carbocycles. The number of nitrogens with one attached hydrogen (secondary N) is 1. The second-order valence-electron chi connectivity index (χ2n) is 9.94. The van der Waals surface area contributed by atoms with Gasteiger partial charge in [0.25, 0.3) is 0 Å². The van der Waals surface area contributed by atoms with E-state index in [4.69, 9.17) is 0 Å². The maximum Gasteiger partial charge on any atom is 0.338 e. The van der Waals surface area contributed by atoms with Gasteiger partial charge in [-0.15, -0.1) is 0 Å². The van der Waals surface area contributed by atoms with Crippen LogP contribution in [0.2, 0.25) is 0 Å². The summed E-state index contributed by atoms with van der Waals surface area (Å²) in [4.78, 5) is 16.7. The third-order valence-electron chi connectivity index (χ3n) is 6.56. The maximum atomic E-state index is 14.7. The number of hydrogen-bond acceptors (Lipinski definition) is 4. The van der Waals surface area contributed by atoms with Gasteiger partial charge < -0.3 is 9.67 Å². The molecule has 0 spiro atoms. The van der Waals surface area contributed by atoms with Crippen molar-refractivity contribution in [1.29, 1.82) is 0 Å². The van der Waals surface area contributed by atoms with Crippen LogP contribution in [-0.2, 0) is 16.4 Å². The van der Waals surface area contributed by atoms with E-state index in [1.165, 1.54) is 18.3 Å². The summed E-state index contributed by atoms with van der Waals surface area (Å²) in [5, 5.41) is 10.5. The van der Waals surface area contributed by atoms with E-state index in [1.54, 1.807) is 32.9 Å². The van der Waals surface area contributed by atoms with Crippen LogP contribution in [0.15, 0.2) is 30.5 Å². The number of aromatic nitrogens is 2. The zero-order chi connectivity index (χ0) is 25.0. The van der Waals surface area contributed by atoms with Crippen LogP contribution in [0.1, 0.15) is 69.4 Å². The molecule has 1 aromatic carbocycles. The molecular formula is C25H30FN3O4S. The van der Waals surface area contributed by atoms with Crippen molar-refractivity contribution < 1.29 is 22.7 Å². The average Bonchev–Trinajstić information content (AvgIpc) is 3.54. The molecule has 182 valence electrons. The van der Waals surface area contributed by atoms with E-state index in [-0.39, 0.29) is 17.4 Å². The Morgan fingerprint density at radius 1 is 1.29 bits per heavy atom. The first-order chi connectivity index (χ1) is 15.9. The molecule has 0 bridgehead atoms. The number of carboxylic acid groups (broad SMARTS) is 1. The van der Waals surface area contributed by atoms with E-state index in [2.05, 4.69) is 16.6 Å². The fraction of sp³-hybridized carbons (Fsp3) is 0.440. The number of carbonyl (C=O) groups is 1. The van der Waals surface area contributed by atoms with Gasteiger partial charge in [0.05, 0.1) is 21.5 Å². The van der Waals surface area contributed by atoms with Crippen LogP contribution in [0, 0.1) is 11.7 Å². The first kappa shape index (κ1) is 24.2. The lowest BCUT2D eigenvalue weighted by molar-refractivity contribution is 0.0699. The van der Waals surface area contributed by atoms with Crippen LogP contribution < -0.4 is 4.72 Å². The van der Waals surface area contributed by atoms with Gasteiger partial charge >= 0.3 is 5.97 Å². The fourth-order valence-corrected chi connectivity index (χ4v) is 4.94. The number of halogens is 1. The molecule has 2 aromatic heterocycles. The molecule has 0 saturated heterocycles. The first-order valence-electron chi connectivity index (χ1n) is 11.4. The minimum Gasteiger partial charge on any atom is -0.478 e. The van der Waals surface area contributed by atoms with E-state index >= 15 is 0 Å². The van der Waals surface area contributed by atoms with Crippen LogP contribution >= 0.6 is 0 Å². The number of benzene rings is 1. The van der Waals surface area contributed by atoms with Crippen LogP contribution in [0.3, 0.4) is 0 Å². The van der Waals surface area contributed by atoms with Gasteiger partial charge in [0.2, 0.25) is 10.0 Å². The number of anilines is 1. The molecule has 1 atom stereocenters. The number of hydrogen-bond donors (Lipinski definition) is 2. The normalized spacial score (nSPS) is 15.5. The van der Waals surface area contributed by atoms with Crippen molar-refractivity contribution in [2.45, 2.75) is 64.7 Å². The topological polar surface area (TPSA) is 101 Å². The highest BCUT2D eigenvalue weighted by molar-refractivity contribution is 7.94. The third kappa shape index (κ3) is 4.17. The van der Waals surface area contributed by atoms with Crippen molar-refractivity contribution in [1.82, 2.24) is 9.55 Å². The van der Waals surface area contributed by atoms with Crippen LogP contribution in [0.4, 0.5) is 10.2 Å². The highest BCUT2D eigenvalue weighted by Crippen LogP contribution is 2.45. The van der Waals surface area contributed by atoms with Crippen LogP contribution in [-0.4, -0.2) is 33.8 Å². The second-order valence-corrected chi connectivity index (χ2v) is 12.4. The quantitative estimate of drug-likeness (QED) is 0.451. The van der Waals surface area contributed by atoms with Crippen molar-refractivity contribution in [2.24, 2.45) is 5.92 Å². The Kier molecular flexibility index (Phi) is 5.96. The lowest BCUT2D eigenvalue weighted by atomic mass is 10.0. The summed E-state index contributed by atoms with van der Waals surface area (Å²) in [7, 11) is -3.66. The lowest BCUT2D eigenvalue weighted by Gasteiger charge is -2.21. The van der Waals surface area contributed by atoms with E-state index in [0.29, 0.717) is 40.1 Å². The maximum absolute atomic E-state index is 14.7. The number of aromatic carboxylic acids is 1. The van der Waals surface area contributed by atoms with Crippen LogP contribution in [0.5, 0.6) is 0 Å². The van der Waals surface area contributed by atoms with Gasteiger partial charge in [-0.25, -0.2) is 22.6 Å².